The fraction of sp³-hybridized carbons (Fsp3) is 0.650. The van der Waals surface area contributed by atoms with Gasteiger partial charge in [-0.2, -0.15) is 4.31 Å². The van der Waals surface area contributed by atoms with Crippen LogP contribution in [0.5, 0.6) is 0 Å². The Morgan fingerprint density at radius 3 is 2.68 bits per heavy atom. The Morgan fingerprint density at radius 2 is 1.96 bits per heavy atom. The Kier molecular flexibility index (Phi) is 9.73. The molecule has 0 aromatic heterocycles. The van der Waals surface area contributed by atoms with E-state index < -0.39 is 10.0 Å². The number of hydrogen-bond acceptors (Lipinski definition) is 4. The maximum atomic E-state index is 12.9. The minimum absolute atomic E-state index is 0.358. The molecule has 1 heterocycles. The van der Waals surface area contributed by atoms with Gasteiger partial charge in [0.2, 0.25) is 10.0 Å². The smallest absolute Gasteiger partial charge is 0.243 e. The molecule has 0 unspecified atom stereocenters. The zero-order chi connectivity index (χ0) is 20.2. The predicted molar refractivity (Wildman–Crippen MR) is 113 cm³/mol. The van der Waals surface area contributed by atoms with E-state index in [1.54, 1.807) is 22.5 Å². The summed E-state index contributed by atoms with van der Waals surface area (Å²) in [5.41, 5.74) is 0.879. The molecule has 0 spiro atoms. The second-order valence-electron chi connectivity index (χ2n) is 6.78. The lowest BCUT2D eigenvalue weighted by Crippen LogP contribution is -2.38. The highest BCUT2D eigenvalue weighted by Gasteiger charge is 2.25. The summed E-state index contributed by atoms with van der Waals surface area (Å²) in [5, 5.41) is 6.49. The lowest BCUT2D eigenvalue weighted by Gasteiger charge is -2.26. The highest BCUT2D eigenvalue weighted by atomic mass is 32.2. The fourth-order valence-corrected chi connectivity index (χ4v) is 4.68. The van der Waals surface area contributed by atoms with Crippen molar-refractivity contribution in [2.75, 3.05) is 39.4 Å². The molecule has 7 nitrogen and oxygen atoms in total. The first kappa shape index (κ1) is 22.6. The molecule has 1 fully saturated rings. The lowest BCUT2D eigenvalue weighted by atomic mass is 10.2. The van der Waals surface area contributed by atoms with Crippen LogP contribution in [0.2, 0.25) is 0 Å². The Bertz CT molecular complexity index is 716. The Balaban J connectivity index is 2.00. The second-order valence-corrected chi connectivity index (χ2v) is 8.72. The zero-order valence-electron chi connectivity index (χ0n) is 17.1. The van der Waals surface area contributed by atoms with Gasteiger partial charge in [-0.15, -0.1) is 0 Å². The molecule has 1 aliphatic heterocycles. The van der Waals surface area contributed by atoms with E-state index in [1.807, 2.05) is 19.9 Å². The van der Waals surface area contributed by atoms with Crippen molar-refractivity contribution in [2.45, 2.75) is 51.0 Å². The number of sulfonamides is 1. The number of aliphatic imine (C=N–C) groups is 1. The minimum atomic E-state index is -3.42. The second kappa shape index (κ2) is 12.0. The number of benzene rings is 1. The number of ether oxygens (including phenoxy) is 1. The van der Waals surface area contributed by atoms with Crippen LogP contribution in [0.15, 0.2) is 34.2 Å². The Labute approximate surface area is 169 Å². The van der Waals surface area contributed by atoms with Crippen LogP contribution in [-0.2, 0) is 21.3 Å². The standard InChI is InChI=1S/C20H34N4O3S/c1-3-21-20(22-12-9-15-27-4-2)23-17-18-10-8-11-19(16-18)28(25,26)24-13-6-5-7-14-24/h8,10-11,16H,3-7,9,12-15,17H2,1-2H3,(H2,21,22,23). The normalized spacial score (nSPS) is 16.1. The number of rotatable bonds is 10. The van der Waals surface area contributed by atoms with Gasteiger partial charge in [-0.05, 0) is 50.8 Å². The molecule has 0 saturated carbocycles. The topological polar surface area (TPSA) is 83.0 Å². The first-order valence-corrected chi connectivity index (χ1v) is 11.7. The molecule has 0 aliphatic carbocycles. The molecule has 0 bridgehead atoms. The fourth-order valence-electron chi connectivity index (χ4n) is 3.10. The van der Waals surface area contributed by atoms with Crippen molar-refractivity contribution in [3.63, 3.8) is 0 Å². The Morgan fingerprint density at radius 1 is 1.18 bits per heavy atom. The summed E-state index contributed by atoms with van der Waals surface area (Å²) in [6.07, 6.45) is 3.88. The van der Waals surface area contributed by atoms with Crippen LogP contribution in [0, 0.1) is 0 Å². The van der Waals surface area contributed by atoms with E-state index in [0.29, 0.717) is 24.5 Å². The third-order valence-electron chi connectivity index (χ3n) is 4.58. The van der Waals surface area contributed by atoms with E-state index in [1.165, 1.54) is 0 Å². The number of nitrogens with zero attached hydrogens (tertiary/aromatic N) is 2. The van der Waals surface area contributed by atoms with Crippen molar-refractivity contribution in [3.8, 4) is 0 Å². The zero-order valence-corrected chi connectivity index (χ0v) is 17.9. The molecule has 28 heavy (non-hydrogen) atoms. The summed E-state index contributed by atoms with van der Waals surface area (Å²) in [6, 6.07) is 7.13. The van der Waals surface area contributed by atoms with Crippen molar-refractivity contribution >= 4 is 16.0 Å². The van der Waals surface area contributed by atoms with Crippen LogP contribution in [0.25, 0.3) is 0 Å². The van der Waals surface area contributed by atoms with Crippen LogP contribution >= 0.6 is 0 Å². The van der Waals surface area contributed by atoms with Gasteiger partial charge in [-0.1, -0.05) is 18.6 Å². The average Bonchev–Trinajstić information content (AvgIpc) is 2.72. The average molecular weight is 411 g/mol. The molecule has 1 saturated heterocycles. The third kappa shape index (κ3) is 7.07. The van der Waals surface area contributed by atoms with Crippen molar-refractivity contribution in [1.82, 2.24) is 14.9 Å². The van der Waals surface area contributed by atoms with Crippen LogP contribution in [0.3, 0.4) is 0 Å². The van der Waals surface area contributed by atoms with Gasteiger partial charge in [0.25, 0.3) is 0 Å². The summed E-state index contributed by atoms with van der Waals surface area (Å²) in [6.45, 7) is 8.63. The highest BCUT2D eigenvalue weighted by molar-refractivity contribution is 7.89. The predicted octanol–water partition coefficient (Wildman–Crippen LogP) is 2.34. The number of piperidine rings is 1. The molecule has 1 aromatic rings. The summed E-state index contributed by atoms with van der Waals surface area (Å²) in [7, 11) is -3.42. The monoisotopic (exact) mass is 410 g/mol. The summed E-state index contributed by atoms with van der Waals surface area (Å²) in [5.74, 6) is 0.725. The molecule has 8 heteroatoms. The Hall–Kier alpha value is -1.64. The van der Waals surface area contributed by atoms with Crippen LogP contribution in [-0.4, -0.2) is 58.1 Å². The molecule has 158 valence electrons. The number of guanidine groups is 1. The van der Waals surface area contributed by atoms with Gasteiger partial charge < -0.3 is 15.4 Å². The van der Waals surface area contributed by atoms with Gasteiger partial charge in [0.1, 0.15) is 0 Å². The maximum absolute atomic E-state index is 12.9. The van der Waals surface area contributed by atoms with E-state index in [0.717, 1.165) is 63.5 Å². The van der Waals surface area contributed by atoms with E-state index >= 15 is 0 Å². The largest absolute Gasteiger partial charge is 0.382 e. The molecule has 2 rings (SSSR count). The van der Waals surface area contributed by atoms with Crippen molar-refractivity contribution < 1.29 is 13.2 Å². The van der Waals surface area contributed by atoms with Crippen molar-refractivity contribution in [2.24, 2.45) is 4.99 Å². The minimum Gasteiger partial charge on any atom is -0.382 e. The maximum Gasteiger partial charge on any atom is 0.243 e. The van der Waals surface area contributed by atoms with E-state index in [-0.39, 0.29) is 0 Å². The van der Waals surface area contributed by atoms with Crippen molar-refractivity contribution in [3.05, 3.63) is 29.8 Å². The summed E-state index contributed by atoms with van der Waals surface area (Å²) < 4.78 is 32.7. The van der Waals surface area contributed by atoms with Crippen LogP contribution in [0.4, 0.5) is 0 Å². The first-order chi connectivity index (χ1) is 13.6. The van der Waals surface area contributed by atoms with Gasteiger partial charge in [0, 0.05) is 39.4 Å². The van der Waals surface area contributed by atoms with E-state index in [2.05, 4.69) is 15.6 Å². The van der Waals surface area contributed by atoms with Gasteiger partial charge in [-0.25, -0.2) is 13.4 Å². The quantitative estimate of drug-likeness (QED) is 0.351. The SMILES string of the molecule is CCNC(=NCc1cccc(S(=O)(=O)N2CCCCC2)c1)NCCCOCC. The number of hydrogen-bond donors (Lipinski definition) is 2. The third-order valence-corrected chi connectivity index (χ3v) is 6.47. The van der Waals surface area contributed by atoms with Crippen LogP contribution < -0.4 is 10.6 Å². The van der Waals surface area contributed by atoms with Gasteiger partial charge in [0.15, 0.2) is 5.96 Å². The molecule has 0 radical (unpaired) electrons. The van der Waals surface area contributed by atoms with E-state index in [9.17, 15) is 8.42 Å². The van der Waals surface area contributed by atoms with Crippen molar-refractivity contribution in [1.29, 1.82) is 0 Å². The lowest BCUT2D eigenvalue weighted by molar-refractivity contribution is 0.145. The molecule has 0 atom stereocenters. The number of nitrogens with one attached hydrogen (secondary N) is 2. The van der Waals surface area contributed by atoms with Gasteiger partial charge in [0.05, 0.1) is 11.4 Å². The molecule has 1 aromatic carbocycles. The molecular weight excluding hydrogens is 376 g/mol. The van der Waals surface area contributed by atoms with Gasteiger partial charge in [-0.3, -0.25) is 0 Å². The highest BCUT2D eigenvalue weighted by Crippen LogP contribution is 2.21. The molecular formula is C20H34N4O3S. The van der Waals surface area contributed by atoms with Crippen LogP contribution in [0.1, 0.15) is 45.1 Å². The summed E-state index contributed by atoms with van der Waals surface area (Å²) >= 11 is 0. The molecule has 2 N–H and O–H groups in total. The molecule has 1 aliphatic rings. The summed E-state index contributed by atoms with van der Waals surface area (Å²) in [4.78, 5) is 4.94. The van der Waals surface area contributed by atoms with Gasteiger partial charge >= 0.3 is 0 Å². The first-order valence-electron chi connectivity index (χ1n) is 10.3. The van der Waals surface area contributed by atoms with E-state index in [4.69, 9.17) is 4.74 Å². The molecule has 0 amide bonds.